The van der Waals surface area contributed by atoms with Gasteiger partial charge in [-0.3, -0.25) is 9.59 Å². The maximum atomic E-state index is 12.8. The van der Waals surface area contributed by atoms with E-state index in [0.29, 0.717) is 12.8 Å². The summed E-state index contributed by atoms with van der Waals surface area (Å²) in [5, 5.41) is 65.7. The van der Waals surface area contributed by atoms with Crippen molar-refractivity contribution in [3.63, 3.8) is 0 Å². The summed E-state index contributed by atoms with van der Waals surface area (Å²) in [7, 11) is 1.26. The van der Waals surface area contributed by atoms with Crippen molar-refractivity contribution in [3.05, 3.63) is 0 Å². The number of nitrogens with one attached hydrogen (secondary N) is 1. The van der Waals surface area contributed by atoms with Gasteiger partial charge < -0.3 is 64.4 Å². The van der Waals surface area contributed by atoms with Crippen LogP contribution in [0.1, 0.15) is 78.6 Å². The number of hydrogen-bond donors (Lipinski definition) is 7. The van der Waals surface area contributed by atoms with Gasteiger partial charge in [0.05, 0.1) is 37.9 Å². The molecule has 16 heteroatoms. The molecule has 2 heterocycles. The number of amides is 1. The molecule has 7 N–H and O–H groups in total. The Balaban J connectivity index is 1.65. The predicted molar refractivity (Wildman–Crippen MR) is 167 cm³/mol. The number of carboxylic acid groups (broad SMARTS) is 1. The number of ether oxygens (including phenoxy) is 6. The van der Waals surface area contributed by atoms with Gasteiger partial charge in [-0.1, -0.05) is 45.4 Å². The van der Waals surface area contributed by atoms with Gasteiger partial charge in [0.15, 0.2) is 18.7 Å². The summed E-state index contributed by atoms with van der Waals surface area (Å²) in [6.45, 7) is 3.92. The van der Waals surface area contributed by atoms with Gasteiger partial charge in [-0.25, -0.2) is 4.79 Å². The highest BCUT2D eigenvalue weighted by atomic mass is 16.7. The zero-order valence-corrected chi connectivity index (χ0v) is 28.7. The van der Waals surface area contributed by atoms with Crippen LogP contribution in [0.4, 0.5) is 0 Å². The molecule has 0 bridgehead atoms. The highest BCUT2D eigenvalue weighted by Gasteiger charge is 2.53. The lowest BCUT2D eigenvalue weighted by Crippen LogP contribution is -2.67. The van der Waals surface area contributed by atoms with Crippen LogP contribution in [-0.4, -0.2) is 142 Å². The first-order chi connectivity index (χ1) is 23.3. The molecule has 4 fully saturated rings. The average molecular weight is 706 g/mol. The number of methoxy groups -OCH3 is 1. The van der Waals surface area contributed by atoms with E-state index >= 15 is 0 Å². The number of aliphatic hydroxyl groups is 5. The molecule has 0 aromatic carbocycles. The van der Waals surface area contributed by atoms with Crippen molar-refractivity contribution in [2.75, 3.05) is 13.7 Å². The molecule has 11 unspecified atom stereocenters. The molecule has 0 aromatic rings. The third kappa shape index (κ3) is 9.67. The van der Waals surface area contributed by atoms with Gasteiger partial charge in [-0.15, -0.1) is 0 Å². The lowest BCUT2D eigenvalue weighted by atomic mass is 9.76. The SMILES string of the molecule is CC[C@@H]1CC(C(=O)OC)CC(O[C@@H]2O[C@H](CO)C(O)C(O[C@@H](CC3CCCCC3)C(=O)O)C2NC(C)=O)C1OC1OC(C)C(O)C(O)C1O. The molecule has 49 heavy (non-hydrogen) atoms. The molecule has 4 rings (SSSR count). The fraction of sp³-hybridized carbons (Fsp3) is 0.909. The van der Waals surface area contributed by atoms with Gasteiger partial charge in [0.2, 0.25) is 5.91 Å². The van der Waals surface area contributed by atoms with Gasteiger partial charge in [0.25, 0.3) is 0 Å². The summed E-state index contributed by atoms with van der Waals surface area (Å²) in [6.07, 6.45) is -9.97. The second-order valence-electron chi connectivity index (χ2n) is 13.9. The van der Waals surface area contributed by atoms with Crippen LogP contribution in [-0.2, 0) is 42.8 Å². The fourth-order valence-corrected chi connectivity index (χ4v) is 7.72. The Morgan fingerprint density at radius 1 is 0.898 bits per heavy atom. The zero-order chi connectivity index (χ0) is 36.0. The first kappa shape index (κ1) is 39.8. The normalized spacial score (nSPS) is 41.1. The Bertz CT molecular complexity index is 1090. The monoisotopic (exact) mass is 705 g/mol. The molecular weight excluding hydrogens is 650 g/mol. The number of esters is 1. The van der Waals surface area contributed by atoms with Crippen LogP contribution in [0.2, 0.25) is 0 Å². The summed E-state index contributed by atoms with van der Waals surface area (Å²) in [6, 6.07) is -1.27. The highest BCUT2D eigenvalue weighted by molar-refractivity contribution is 5.74. The Morgan fingerprint density at radius 2 is 1.59 bits per heavy atom. The van der Waals surface area contributed by atoms with E-state index in [1.807, 2.05) is 6.92 Å². The zero-order valence-electron chi connectivity index (χ0n) is 28.7. The molecule has 4 aliphatic rings. The van der Waals surface area contributed by atoms with Crippen LogP contribution in [0.25, 0.3) is 0 Å². The molecule has 2 saturated carbocycles. The number of rotatable bonds is 13. The Morgan fingerprint density at radius 3 is 2.18 bits per heavy atom. The number of carbonyl (C=O) groups excluding carboxylic acids is 2. The molecule has 1 amide bonds. The molecule has 0 radical (unpaired) electrons. The van der Waals surface area contributed by atoms with E-state index in [-0.39, 0.29) is 24.7 Å². The summed E-state index contributed by atoms with van der Waals surface area (Å²) >= 11 is 0. The quantitative estimate of drug-likeness (QED) is 0.121. The minimum Gasteiger partial charge on any atom is -0.479 e. The minimum atomic E-state index is -1.62. The van der Waals surface area contributed by atoms with Gasteiger partial charge in [0, 0.05) is 6.92 Å². The van der Waals surface area contributed by atoms with Gasteiger partial charge in [0.1, 0.15) is 42.7 Å². The standard InChI is InChI=1S/C33H55NO15/c1-5-18-12-19(31(43)44-4)13-20(28(18)49-33-27(40)26(39)24(37)15(2)45-33)47-32-23(34-16(3)36)29(25(38)22(14-35)48-32)46-21(30(41)42)11-17-9-7-6-8-10-17/h15,17-29,32-33,35,37-40H,5-14H2,1-4H3,(H,34,36)(H,41,42)/t15?,18-,19?,20?,21+,22-,23?,24?,25?,26?,27?,28?,29?,32-,33?/m1/s1. The largest absolute Gasteiger partial charge is 0.479 e. The summed E-state index contributed by atoms with van der Waals surface area (Å²) in [5.74, 6) is -3.20. The molecule has 15 atom stereocenters. The van der Waals surface area contributed by atoms with Crippen LogP contribution in [0.15, 0.2) is 0 Å². The topological polar surface area (TPSA) is 240 Å². The maximum absolute atomic E-state index is 12.8. The van der Waals surface area contributed by atoms with Crippen molar-refractivity contribution in [1.82, 2.24) is 5.32 Å². The van der Waals surface area contributed by atoms with Gasteiger partial charge >= 0.3 is 11.9 Å². The number of carbonyl (C=O) groups is 3. The van der Waals surface area contributed by atoms with Crippen LogP contribution in [0.3, 0.4) is 0 Å². The summed E-state index contributed by atoms with van der Waals surface area (Å²) in [5.41, 5.74) is 0. The van der Waals surface area contributed by atoms with Crippen LogP contribution in [0.5, 0.6) is 0 Å². The van der Waals surface area contributed by atoms with E-state index < -0.39 is 110 Å². The van der Waals surface area contributed by atoms with Crippen LogP contribution in [0, 0.1) is 17.8 Å². The minimum absolute atomic E-state index is 0.0291. The van der Waals surface area contributed by atoms with Crippen molar-refractivity contribution in [3.8, 4) is 0 Å². The van der Waals surface area contributed by atoms with E-state index in [9.17, 15) is 45.0 Å². The van der Waals surface area contributed by atoms with E-state index in [2.05, 4.69) is 5.32 Å². The van der Waals surface area contributed by atoms with Gasteiger partial charge in [-0.05, 0) is 38.0 Å². The predicted octanol–water partition coefficient (Wildman–Crippen LogP) is -0.415. The number of aliphatic hydroxyl groups excluding tert-OH is 5. The third-order valence-electron chi connectivity index (χ3n) is 10.5. The molecule has 16 nitrogen and oxygen atoms in total. The van der Waals surface area contributed by atoms with Crippen molar-refractivity contribution in [2.24, 2.45) is 17.8 Å². The number of hydrogen-bond acceptors (Lipinski definition) is 14. The lowest BCUT2D eigenvalue weighted by molar-refractivity contribution is -0.338. The highest BCUT2D eigenvalue weighted by Crippen LogP contribution is 2.40. The van der Waals surface area contributed by atoms with E-state index in [0.717, 1.165) is 32.1 Å². The average Bonchev–Trinajstić information content (AvgIpc) is 3.08. The summed E-state index contributed by atoms with van der Waals surface area (Å²) in [4.78, 5) is 37.8. The fourth-order valence-electron chi connectivity index (χ4n) is 7.72. The first-order valence-electron chi connectivity index (χ1n) is 17.5. The van der Waals surface area contributed by atoms with Crippen LogP contribution >= 0.6 is 0 Å². The third-order valence-corrected chi connectivity index (χ3v) is 10.5. The lowest BCUT2D eigenvalue weighted by Gasteiger charge is -2.49. The Kier molecular flexibility index (Phi) is 14.6. The van der Waals surface area contributed by atoms with Crippen LogP contribution < -0.4 is 5.32 Å². The van der Waals surface area contributed by atoms with Gasteiger partial charge in [-0.2, -0.15) is 0 Å². The molecule has 282 valence electrons. The smallest absolute Gasteiger partial charge is 0.332 e. The Labute approximate surface area is 286 Å². The van der Waals surface area contributed by atoms with Crippen molar-refractivity contribution >= 4 is 17.8 Å². The second kappa shape index (κ2) is 18.0. The van der Waals surface area contributed by atoms with Crippen molar-refractivity contribution in [1.29, 1.82) is 0 Å². The van der Waals surface area contributed by atoms with Crippen molar-refractivity contribution < 1.29 is 73.4 Å². The molecule has 2 aliphatic carbocycles. The van der Waals surface area contributed by atoms with Crippen molar-refractivity contribution in [2.45, 2.75) is 158 Å². The van der Waals surface area contributed by atoms with E-state index in [1.165, 1.54) is 21.0 Å². The number of aliphatic carboxylic acids is 1. The molecule has 0 spiro atoms. The Hall–Kier alpha value is -1.99. The molecule has 2 saturated heterocycles. The molecule has 0 aromatic heterocycles. The molecule has 2 aliphatic heterocycles. The van der Waals surface area contributed by atoms with E-state index in [1.54, 1.807) is 0 Å². The second-order valence-corrected chi connectivity index (χ2v) is 13.9. The maximum Gasteiger partial charge on any atom is 0.332 e. The number of carboxylic acids is 1. The van der Waals surface area contributed by atoms with E-state index in [4.69, 9.17) is 28.4 Å². The molecular formula is C33H55NO15. The summed E-state index contributed by atoms with van der Waals surface area (Å²) < 4.78 is 35.6. The first-order valence-corrected chi connectivity index (χ1v) is 17.5.